The summed E-state index contributed by atoms with van der Waals surface area (Å²) in [6.07, 6.45) is -3.84. The summed E-state index contributed by atoms with van der Waals surface area (Å²) in [6, 6.07) is 13.1. The van der Waals surface area contributed by atoms with Gasteiger partial charge in [-0.05, 0) is 81.6 Å². The van der Waals surface area contributed by atoms with Gasteiger partial charge in [-0.2, -0.15) is 13.2 Å². The fourth-order valence-corrected chi connectivity index (χ4v) is 7.14. The number of esters is 1. The second-order valence-electron chi connectivity index (χ2n) is 11.7. The molecule has 1 unspecified atom stereocenters. The lowest BCUT2D eigenvalue weighted by atomic mass is 9.98. The molecule has 1 atom stereocenters. The minimum Gasteiger partial charge on any atom is -0.490 e. The first-order valence-electron chi connectivity index (χ1n) is 15.5. The molecule has 0 saturated heterocycles. The lowest BCUT2D eigenvalue weighted by Gasteiger charge is -2.35. The maximum Gasteiger partial charge on any atom is 0.491 e. The highest BCUT2D eigenvalue weighted by atomic mass is 32.2. The van der Waals surface area contributed by atoms with Gasteiger partial charge in [-0.3, -0.25) is 4.79 Å². The number of sulfone groups is 1. The van der Waals surface area contributed by atoms with E-state index in [1.54, 1.807) is 20.8 Å². The van der Waals surface area contributed by atoms with Gasteiger partial charge in [-0.25, -0.2) is 22.6 Å². The number of nitrogens with zero attached hydrogens (tertiary/aromatic N) is 1. The maximum absolute atomic E-state index is 16.1. The van der Waals surface area contributed by atoms with Crippen LogP contribution < -0.4 is 25.8 Å². The number of hydrogen-bond acceptors (Lipinski definition) is 10. The number of carbonyl (C=O) groups excluding carboxylic acids is 2. The minimum absolute atomic E-state index is 0.0283. The van der Waals surface area contributed by atoms with Crippen molar-refractivity contribution in [2.45, 2.75) is 68.3 Å². The largest absolute Gasteiger partial charge is 0.491 e. The Morgan fingerprint density at radius 2 is 1.74 bits per heavy atom. The Balaban J connectivity index is 1.69. The normalized spacial score (nSPS) is 14.6. The molecule has 11 nitrogen and oxygen atoms in total. The zero-order chi connectivity index (χ0) is 36.4. The predicted octanol–water partition coefficient (Wildman–Crippen LogP) is 5.76. The Hall–Kier alpha value is -5.12. The highest BCUT2D eigenvalue weighted by Gasteiger charge is 2.52. The van der Waals surface area contributed by atoms with E-state index in [4.69, 9.17) is 19.9 Å². The van der Waals surface area contributed by atoms with Gasteiger partial charge >= 0.3 is 12.1 Å². The van der Waals surface area contributed by atoms with Crippen LogP contribution in [0.1, 0.15) is 44.7 Å². The van der Waals surface area contributed by atoms with Gasteiger partial charge in [0.25, 0.3) is 11.6 Å². The Bertz CT molecular complexity index is 2040. The summed E-state index contributed by atoms with van der Waals surface area (Å²) < 4.78 is 101. The second-order valence-corrected chi connectivity index (χ2v) is 13.9. The number of amides is 1. The first-order valence-corrected chi connectivity index (χ1v) is 17.1. The van der Waals surface area contributed by atoms with E-state index in [0.29, 0.717) is 12.8 Å². The van der Waals surface area contributed by atoms with Crippen molar-refractivity contribution in [1.29, 1.82) is 0 Å². The van der Waals surface area contributed by atoms with E-state index in [-0.39, 0.29) is 51.3 Å². The van der Waals surface area contributed by atoms with Crippen LogP contribution in [0.5, 0.6) is 11.5 Å². The van der Waals surface area contributed by atoms with Crippen LogP contribution in [0.25, 0.3) is 10.8 Å². The van der Waals surface area contributed by atoms with Gasteiger partial charge in [0.1, 0.15) is 5.82 Å². The number of hydrogen-bond donors (Lipinski definition) is 3. The average Bonchev–Trinajstić information content (AvgIpc) is 3.92. The van der Waals surface area contributed by atoms with Crippen LogP contribution in [0.15, 0.2) is 71.8 Å². The van der Waals surface area contributed by atoms with E-state index >= 15 is 4.39 Å². The number of nitrogens with one attached hydrogen (secondary N) is 2. The first kappa shape index (κ1) is 36.2. The summed E-state index contributed by atoms with van der Waals surface area (Å²) in [6.45, 7) is 4.61. The quantitative estimate of drug-likeness (QED) is 0.0881. The number of pyridine rings is 1. The Morgan fingerprint density at radius 3 is 2.40 bits per heavy atom. The van der Waals surface area contributed by atoms with Gasteiger partial charge < -0.3 is 30.6 Å². The van der Waals surface area contributed by atoms with Crippen molar-refractivity contribution in [1.82, 2.24) is 10.3 Å². The van der Waals surface area contributed by atoms with E-state index in [1.165, 1.54) is 48.7 Å². The van der Waals surface area contributed by atoms with E-state index in [1.807, 2.05) is 0 Å². The molecule has 0 aliphatic heterocycles. The molecule has 0 radical (unpaired) electrons. The van der Waals surface area contributed by atoms with Crippen LogP contribution in [-0.4, -0.2) is 49.4 Å². The third-order valence-electron chi connectivity index (χ3n) is 7.71. The molecule has 0 bridgehead atoms. The topological polar surface area (TPSA) is 159 Å². The number of nitrogen functional groups attached to an aromatic ring is 1. The average molecular weight is 719 g/mol. The predicted molar refractivity (Wildman–Crippen MR) is 175 cm³/mol. The molecule has 1 amide bonds. The summed E-state index contributed by atoms with van der Waals surface area (Å²) in [5, 5.41) is 4.30. The van der Waals surface area contributed by atoms with Gasteiger partial charge in [-0.15, -0.1) is 0 Å². The number of fused-ring (bicyclic) bond motifs is 1. The van der Waals surface area contributed by atoms with Crippen LogP contribution in [0, 0.1) is 5.82 Å². The molecule has 1 heterocycles. The Kier molecular flexibility index (Phi) is 10.1. The highest BCUT2D eigenvalue weighted by Crippen LogP contribution is 2.40. The number of aromatic nitrogens is 1. The van der Waals surface area contributed by atoms with E-state index < -0.39 is 62.5 Å². The number of halogens is 4. The number of anilines is 2. The molecular formula is C34H34F4N4O7S. The van der Waals surface area contributed by atoms with Crippen LogP contribution in [-0.2, 0) is 36.4 Å². The Labute approximate surface area is 285 Å². The van der Waals surface area contributed by atoms with Crippen LogP contribution in [0.4, 0.5) is 29.1 Å². The number of carbonyl (C=O) groups is 2. The minimum atomic E-state index is -5.61. The van der Waals surface area contributed by atoms with Crippen LogP contribution >= 0.6 is 0 Å². The second kappa shape index (κ2) is 14.0. The van der Waals surface area contributed by atoms with Crippen molar-refractivity contribution < 1.29 is 49.8 Å². The van der Waals surface area contributed by atoms with Gasteiger partial charge in [0.05, 0.1) is 28.5 Å². The van der Waals surface area contributed by atoms with E-state index in [2.05, 4.69) is 15.6 Å². The molecule has 1 aliphatic rings. The van der Waals surface area contributed by atoms with Crippen molar-refractivity contribution in [3.63, 3.8) is 0 Å². The molecule has 4 aromatic rings. The van der Waals surface area contributed by atoms with Crippen molar-refractivity contribution in [2.24, 2.45) is 0 Å². The lowest BCUT2D eigenvalue weighted by Crippen LogP contribution is -2.54. The molecule has 5 rings (SSSR count). The van der Waals surface area contributed by atoms with Crippen molar-refractivity contribution in [3.8, 4) is 11.5 Å². The van der Waals surface area contributed by atoms with Gasteiger partial charge in [-0.1, -0.05) is 18.2 Å². The lowest BCUT2D eigenvalue weighted by molar-refractivity contribution is -0.213. The smallest absolute Gasteiger partial charge is 0.490 e. The van der Waals surface area contributed by atoms with E-state index in [0.717, 1.165) is 18.2 Å². The molecule has 16 heteroatoms. The van der Waals surface area contributed by atoms with Gasteiger partial charge in [0, 0.05) is 29.1 Å². The molecular weight excluding hydrogens is 684 g/mol. The number of ether oxygens (including phenoxy) is 3. The summed E-state index contributed by atoms with van der Waals surface area (Å²) >= 11 is 0. The molecule has 1 saturated carbocycles. The fraction of sp³-hybridized carbons (Fsp3) is 0.324. The third-order valence-corrected chi connectivity index (χ3v) is 10.1. The molecule has 3 aromatic carbocycles. The van der Waals surface area contributed by atoms with E-state index in [9.17, 15) is 31.2 Å². The zero-order valence-corrected chi connectivity index (χ0v) is 28.0. The molecule has 1 aromatic heterocycles. The maximum atomic E-state index is 16.1. The molecule has 1 fully saturated rings. The summed E-state index contributed by atoms with van der Waals surface area (Å²) in [7, 11) is -3.77. The Morgan fingerprint density at radius 1 is 1.02 bits per heavy atom. The third kappa shape index (κ3) is 7.39. The van der Waals surface area contributed by atoms with Crippen molar-refractivity contribution in [3.05, 3.63) is 83.8 Å². The monoisotopic (exact) mass is 718 g/mol. The number of alkyl halides is 3. The summed E-state index contributed by atoms with van der Waals surface area (Å²) in [5.74, 6) is -5.15. The number of rotatable bonds is 13. The van der Waals surface area contributed by atoms with Gasteiger partial charge in [0.15, 0.2) is 27.2 Å². The summed E-state index contributed by atoms with van der Waals surface area (Å²) in [5.41, 5.74) is 1.91. The number of nitrogens with two attached hydrogens (primary N) is 1. The standard InChI is InChI=1S/C34H34F4N4O7S/c1-4-47-27-17-21(9-14-26(27)48-19(2)3)33(49-32(44)34(36,37)38,42-25-13-12-24-23(29(25)35)15-16-40-30(24)39)31(43)41-18-20-7-5-6-8-28(20)50(45,46)22-10-11-22/h5-9,12-17,19,22,42H,4,10-11,18H2,1-3H3,(H2,39,40)(H,41,43). The van der Waals surface area contributed by atoms with Crippen molar-refractivity contribution >= 4 is 44.0 Å². The fourth-order valence-electron chi connectivity index (χ4n) is 5.25. The zero-order valence-electron chi connectivity index (χ0n) is 27.1. The SMILES string of the molecule is CCOc1cc(C(Nc2ccc3c(N)nccc3c2F)(OC(=O)C(F)(F)F)C(=O)NCc2ccccc2S(=O)(=O)C2CC2)ccc1OC(C)C. The first-order chi connectivity index (χ1) is 23.6. The molecule has 266 valence electrons. The molecule has 1 aliphatic carbocycles. The number of benzene rings is 3. The van der Waals surface area contributed by atoms with Crippen molar-refractivity contribution in [2.75, 3.05) is 17.7 Å². The van der Waals surface area contributed by atoms with Gasteiger partial charge in [0.2, 0.25) is 0 Å². The molecule has 50 heavy (non-hydrogen) atoms. The molecule has 4 N–H and O–H groups in total. The molecule has 0 spiro atoms. The highest BCUT2D eigenvalue weighted by molar-refractivity contribution is 7.92. The summed E-state index contributed by atoms with van der Waals surface area (Å²) in [4.78, 5) is 30.8. The van der Waals surface area contributed by atoms with Crippen LogP contribution in [0.2, 0.25) is 0 Å². The van der Waals surface area contributed by atoms with Crippen LogP contribution in [0.3, 0.4) is 0 Å².